The van der Waals surface area contributed by atoms with Crippen LogP contribution in [0.3, 0.4) is 0 Å². The molecule has 0 spiro atoms. The molecule has 0 aliphatic carbocycles. The van der Waals surface area contributed by atoms with E-state index in [0.29, 0.717) is 6.04 Å². The maximum atomic E-state index is 5.17. The minimum Gasteiger partial charge on any atom is -0.340 e. The predicted octanol–water partition coefficient (Wildman–Crippen LogP) is 2.33. The van der Waals surface area contributed by atoms with Crippen LogP contribution in [0.4, 0.5) is 0 Å². The second-order valence-electron chi connectivity index (χ2n) is 3.05. The summed E-state index contributed by atoms with van der Waals surface area (Å²) in [5.74, 6) is 0. The molecular weight excluding hydrogens is 142 g/mol. The Morgan fingerprint density at radius 2 is 2.20 bits per heavy atom. The molecule has 0 fully saturated rings. The van der Waals surface area contributed by atoms with E-state index in [-0.39, 0.29) is 0 Å². The fourth-order valence-electron chi connectivity index (χ4n) is 1.12. The third kappa shape index (κ3) is 1.37. The van der Waals surface area contributed by atoms with Crippen molar-refractivity contribution < 1.29 is 0 Å². The molecule has 0 amide bonds. The highest BCUT2D eigenvalue weighted by Crippen LogP contribution is 2.18. The lowest BCUT2D eigenvalue weighted by Gasteiger charge is -2.19. The van der Waals surface area contributed by atoms with E-state index in [9.17, 15) is 0 Å². The second kappa shape index (κ2) is 2.70. The Hall–Kier alpha value is -0.370. The van der Waals surface area contributed by atoms with Crippen LogP contribution in [0.2, 0.25) is 0 Å². The smallest absolute Gasteiger partial charge is 0.0862 e. The van der Waals surface area contributed by atoms with Crippen LogP contribution in [-0.4, -0.2) is 15.9 Å². The van der Waals surface area contributed by atoms with E-state index < -0.39 is 0 Å². The second-order valence-corrected chi connectivity index (χ2v) is 3.52. The Morgan fingerprint density at radius 1 is 1.60 bits per heavy atom. The van der Waals surface area contributed by atoms with Crippen LogP contribution >= 0.6 is 12.2 Å². The standard InChI is InChI=1S/C8H13NS/c1-6(2)9-5-7(3)4-8(9)10/h5-6H,4H2,1-3H3. The Labute approximate surface area is 67.7 Å². The highest BCUT2D eigenvalue weighted by atomic mass is 32.1. The van der Waals surface area contributed by atoms with Crippen LogP contribution in [-0.2, 0) is 0 Å². The van der Waals surface area contributed by atoms with Crippen molar-refractivity contribution in [3.05, 3.63) is 11.8 Å². The molecule has 1 rings (SSSR count). The average molecular weight is 155 g/mol. The van der Waals surface area contributed by atoms with Crippen molar-refractivity contribution in [2.24, 2.45) is 0 Å². The van der Waals surface area contributed by atoms with E-state index in [4.69, 9.17) is 12.2 Å². The minimum atomic E-state index is 0.518. The van der Waals surface area contributed by atoms with E-state index in [0.717, 1.165) is 11.4 Å². The topological polar surface area (TPSA) is 3.24 Å². The van der Waals surface area contributed by atoms with Gasteiger partial charge in [0, 0.05) is 18.7 Å². The quantitative estimate of drug-likeness (QED) is 0.535. The van der Waals surface area contributed by atoms with Crippen molar-refractivity contribution in [2.75, 3.05) is 0 Å². The van der Waals surface area contributed by atoms with Crippen LogP contribution in [0.25, 0.3) is 0 Å². The normalized spacial score (nSPS) is 18.6. The van der Waals surface area contributed by atoms with Gasteiger partial charge in [0.15, 0.2) is 0 Å². The van der Waals surface area contributed by atoms with E-state index in [1.54, 1.807) is 0 Å². The Kier molecular flexibility index (Phi) is 2.09. The molecule has 0 saturated heterocycles. The number of hydrogen-bond acceptors (Lipinski definition) is 1. The molecule has 0 saturated carbocycles. The van der Waals surface area contributed by atoms with Crippen LogP contribution in [0.1, 0.15) is 27.2 Å². The molecule has 2 heteroatoms. The van der Waals surface area contributed by atoms with Gasteiger partial charge in [-0.25, -0.2) is 0 Å². The molecule has 0 bridgehead atoms. The number of hydrogen-bond donors (Lipinski definition) is 0. The zero-order chi connectivity index (χ0) is 7.72. The van der Waals surface area contributed by atoms with Crippen LogP contribution in [0, 0.1) is 0 Å². The van der Waals surface area contributed by atoms with Gasteiger partial charge in [0.2, 0.25) is 0 Å². The van der Waals surface area contributed by atoms with Crippen molar-refractivity contribution in [1.82, 2.24) is 4.90 Å². The van der Waals surface area contributed by atoms with Crippen molar-refractivity contribution in [3.8, 4) is 0 Å². The maximum absolute atomic E-state index is 5.17. The lowest BCUT2D eigenvalue weighted by Crippen LogP contribution is -2.26. The highest BCUT2D eigenvalue weighted by molar-refractivity contribution is 7.80. The zero-order valence-corrected chi connectivity index (χ0v) is 7.53. The SMILES string of the molecule is CC1=CN(C(C)C)C(=S)C1. The van der Waals surface area contributed by atoms with Gasteiger partial charge in [-0.3, -0.25) is 0 Å². The van der Waals surface area contributed by atoms with Gasteiger partial charge in [-0.2, -0.15) is 0 Å². The average Bonchev–Trinajstić information content (AvgIpc) is 2.10. The molecular formula is C8H13NS. The molecule has 56 valence electrons. The molecule has 0 atom stereocenters. The van der Waals surface area contributed by atoms with E-state index in [1.807, 2.05) is 0 Å². The Morgan fingerprint density at radius 3 is 2.40 bits per heavy atom. The Bertz CT molecular complexity index is 182. The first-order chi connectivity index (χ1) is 4.61. The summed E-state index contributed by atoms with van der Waals surface area (Å²) in [5.41, 5.74) is 1.37. The molecule has 1 aliphatic rings. The summed E-state index contributed by atoms with van der Waals surface area (Å²) in [4.78, 5) is 3.22. The van der Waals surface area contributed by atoms with Gasteiger partial charge in [0.25, 0.3) is 0 Å². The number of thiocarbonyl (C=S) groups is 1. The molecule has 0 N–H and O–H groups in total. The van der Waals surface area contributed by atoms with Gasteiger partial charge in [-0.15, -0.1) is 0 Å². The van der Waals surface area contributed by atoms with Gasteiger partial charge in [-0.05, 0) is 20.8 Å². The van der Waals surface area contributed by atoms with Gasteiger partial charge < -0.3 is 4.90 Å². The molecule has 0 radical (unpaired) electrons. The van der Waals surface area contributed by atoms with Crippen LogP contribution < -0.4 is 0 Å². The first kappa shape index (κ1) is 7.73. The van der Waals surface area contributed by atoms with Gasteiger partial charge in [-0.1, -0.05) is 17.8 Å². The van der Waals surface area contributed by atoms with Gasteiger partial charge in [0.1, 0.15) is 0 Å². The Balaban J connectivity index is 2.69. The zero-order valence-electron chi connectivity index (χ0n) is 6.72. The van der Waals surface area contributed by atoms with Crippen molar-refractivity contribution >= 4 is 17.2 Å². The van der Waals surface area contributed by atoms with Crippen molar-refractivity contribution in [1.29, 1.82) is 0 Å². The fourth-order valence-corrected chi connectivity index (χ4v) is 1.61. The molecule has 0 aromatic rings. The summed E-state index contributed by atoms with van der Waals surface area (Å²) < 4.78 is 0. The lowest BCUT2D eigenvalue weighted by atomic mass is 10.3. The first-order valence-electron chi connectivity index (χ1n) is 3.59. The maximum Gasteiger partial charge on any atom is 0.0862 e. The summed E-state index contributed by atoms with van der Waals surface area (Å²) in [6, 6.07) is 0.518. The predicted molar refractivity (Wildman–Crippen MR) is 47.9 cm³/mol. The first-order valence-corrected chi connectivity index (χ1v) is 4.00. The minimum absolute atomic E-state index is 0.518. The highest BCUT2D eigenvalue weighted by Gasteiger charge is 2.17. The van der Waals surface area contributed by atoms with E-state index >= 15 is 0 Å². The van der Waals surface area contributed by atoms with Crippen LogP contribution in [0.5, 0.6) is 0 Å². The molecule has 0 aromatic carbocycles. The van der Waals surface area contributed by atoms with Crippen molar-refractivity contribution in [3.63, 3.8) is 0 Å². The van der Waals surface area contributed by atoms with Gasteiger partial charge in [0.05, 0.1) is 4.99 Å². The molecule has 1 nitrogen and oxygen atoms in total. The number of nitrogens with zero attached hydrogens (tertiary/aromatic N) is 1. The third-order valence-corrected chi connectivity index (χ3v) is 1.99. The summed E-state index contributed by atoms with van der Waals surface area (Å²) >= 11 is 5.17. The van der Waals surface area contributed by atoms with E-state index in [1.165, 1.54) is 5.57 Å². The summed E-state index contributed by atoms with van der Waals surface area (Å²) in [7, 11) is 0. The van der Waals surface area contributed by atoms with E-state index in [2.05, 4.69) is 31.9 Å². The van der Waals surface area contributed by atoms with Crippen LogP contribution in [0.15, 0.2) is 11.8 Å². The fraction of sp³-hybridized carbons (Fsp3) is 0.625. The van der Waals surface area contributed by atoms with Gasteiger partial charge >= 0.3 is 0 Å². The molecule has 0 unspecified atom stereocenters. The summed E-state index contributed by atoms with van der Waals surface area (Å²) in [5, 5.41) is 0. The lowest BCUT2D eigenvalue weighted by molar-refractivity contribution is 0.471. The summed E-state index contributed by atoms with van der Waals surface area (Å²) in [6.07, 6.45) is 3.13. The molecule has 10 heavy (non-hydrogen) atoms. The van der Waals surface area contributed by atoms with Crippen molar-refractivity contribution in [2.45, 2.75) is 33.2 Å². The molecule has 1 aliphatic heterocycles. The third-order valence-electron chi connectivity index (χ3n) is 1.63. The largest absolute Gasteiger partial charge is 0.340 e. The number of rotatable bonds is 1. The molecule has 0 aromatic heterocycles. The molecule has 1 heterocycles. The monoisotopic (exact) mass is 155 g/mol. The summed E-state index contributed by atoms with van der Waals surface area (Å²) in [6.45, 7) is 6.43.